The van der Waals surface area contributed by atoms with Crippen LogP contribution in [0.15, 0.2) is 64.2 Å². The predicted octanol–water partition coefficient (Wildman–Crippen LogP) is 7.00. The van der Waals surface area contributed by atoms with Crippen LogP contribution in [0.5, 0.6) is 0 Å². The molecule has 1 heteroatoms. The van der Waals surface area contributed by atoms with Crippen LogP contribution in [0.3, 0.4) is 0 Å². The summed E-state index contributed by atoms with van der Waals surface area (Å²) in [6, 6.07) is 0. The first-order valence-corrected chi connectivity index (χ1v) is 9.35. The van der Waals surface area contributed by atoms with Crippen LogP contribution in [0.2, 0.25) is 0 Å². The van der Waals surface area contributed by atoms with Gasteiger partial charge in [-0.3, -0.25) is 4.99 Å². The summed E-state index contributed by atoms with van der Waals surface area (Å²) in [7, 11) is 0. The van der Waals surface area contributed by atoms with Gasteiger partial charge in [-0.25, -0.2) is 0 Å². The highest BCUT2D eigenvalue weighted by Gasteiger charge is 2.26. The van der Waals surface area contributed by atoms with Gasteiger partial charge in [0.1, 0.15) is 0 Å². The molecule has 0 bridgehead atoms. The Hall–Kier alpha value is -1.63. The van der Waals surface area contributed by atoms with Crippen LogP contribution in [0.25, 0.3) is 0 Å². The van der Waals surface area contributed by atoms with E-state index >= 15 is 0 Å². The Morgan fingerprint density at radius 3 is 2.62 bits per heavy atom. The molecule has 0 radical (unpaired) electrons. The fourth-order valence-electron chi connectivity index (χ4n) is 3.05. The van der Waals surface area contributed by atoms with Crippen LogP contribution in [-0.2, 0) is 0 Å². The second-order valence-electron chi connectivity index (χ2n) is 7.35. The molecule has 1 aliphatic carbocycles. The van der Waals surface area contributed by atoms with Crippen molar-refractivity contribution in [1.29, 1.82) is 0 Å². The molecule has 132 valence electrons. The number of rotatable bonds is 8. The zero-order chi connectivity index (χ0) is 17.8. The van der Waals surface area contributed by atoms with E-state index in [9.17, 15) is 0 Å². The van der Waals surface area contributed by atoms with Crippen molar-refractivity contribution < 1.29 is 0 Å². The number of nitrogens with zero attached hydrogens (tertiary/aromatic N) is 1. The first kappa shape index (κ1) is 20.4. The molecule has 0 heterocycles. The van der Waals surface area contributed by atoms with E-state index in [-0.39, 0.29) is 0 Å². The topological polar surface area (TPSA) is 12.4 Å². The molecule has 0 atom stereocenters. The van der Waals surface area contributed by atoms with E-state index in [1.54, 1.807) is 5.57 Å². The number of hydrogen-bond acceptors (Lipinski definition) is 1. The number of aliphatic imine (C=N–C) groups is 1. The van der Waals surface area contributed by atoms with Crippen LogP contribution in [0.4, 0.5) is 0 Å². The maximum absolute atomic E-state index is 4.36. The summed E-state index contributed by atoms with van der Waals surface area (Å²) in [5.74, 6) is 0. The van der Waals surface area contributed by atoms with E-state index in [1.165, 1.54) is 43.3 Å². The van der Waals surface area contributed by atoms with Gasteiger partial charge in [0.25, 0.3) is 0 Å². The summed E-state index contributed by atoms with van der Waals surface area (Å²) in [5, 5.41) is 0. The van der Waals surface area contributed by atoms with Crippen molar-refractivity contribution in [2.45, 2.75) is 66.7 Å². The molecule has 0 aromatic carbocycles. The van der Waals surface area contributed by atoms with Crippen LogP contribution in [-0.4, -0.2) is 12.8 Å². The summed E-state index contributed by atoms with van der Waals surface area (Å²) in [4.78, 5) is 4.36. The largest absolute Gasteiger partial charge is 0.293 e. The van der Waals surface area contributed by atoms with Crippen molar-refractivity contribution in [2.24, 2.45) is 10.4 Å². The summed E-state index contributed by atoms with van der Waals surface area (Å²) in [6.07, 6.45) is 23.1. The Morgan fingerprint density at radius 1 is 1.17 bits per heavy atom. The van der Waals surface area contributed by atoms with Crippen LogP contribution in [0.1, 0.15) is 66.7 Å². The van der Waals surface area contributed by atoms with E-state index in [1.807, 2.05) is 6.21 Å². The highest BCUT2D eigenvalue weighted by Crippen LogP contribution is 2.40. The molecule has 1 aliphatic rings. The minimum Gasteiger partial charge on any atom is -0.293 e. The lowest BCUT2D eigenvalue weighted by molar-refractivity contribution is 0.377. The highest BCUT2D eigenvalue weighted by molar-refractivity contribution is 5.72. The monoisotopic (exact) mass is 325 g/mol. The van der Waals surface area contributed by atoms with Crippen molar-refractivity contribution in [1.82, 2.24) is 0 Å². The van der Waals surface area contributed by atoms with Crippen LogP contribution >= 0.6 is 0 Å². The number of hydrogen-bond donors (Lipinski definition) is 0. The van der Waals surface area contributed by atoms with Gasteiger partial charge in [-0.2, -0.15) is 0 Å². The van der Waals surface area contributed by atoms with Gasteiger partial charge in [-0.1, -0.05) is 69.2 Å². The molecule has 0 saturated carbocycles. The van der Waals surface area contributed by atoms with Gasteiger partial charge in [0.2, 0.25) is 0 Å². The van der Waals surface area contributed by atoms with Gasteiger partial charge in [-0.05, 0) is 62.2 Å². The molecular weight excluding hydrogens is 290 g/mol. The SMILES string of the molecule is CCCCN=C/C=C(C)/C=C/C=C/C=C/C1=C(C)CCCC1(C)C. The maximum Gasteiger partial charge on any atom is 0.0389 e. The highest BCUT2D eigenvalue weighted by atomic mass is 14.7. The maximum atomic E-state index is 4.36. The smallest absolute Gasteiger partial charge is 0.0389 e. The third kappa shape index (κ3) is 7.77. The van der Waals surface area contributed by atoms with Crippen molar-refractivity contribution >= 4 is 6.21 Å². The van der Waals surface area contributed by atoms with E-state index in [4.69, 9.17) is 0 Å². The van der Waals surface area contributed by atoms with Gasteiger partial charge in [-0.15, -0.1) is 0 Å². The molecule has 1 nitrogen and oxygen atoms in total. The minimum absolute atomic E-state index is 0.318. The quantitative estimate of drug-likeness (QED) is 0.259. The first-order chi connectivity index (χ1) is 11.5. The molecule has 0 aromatic rings. The zero-order valence-electron chi connectivity index (χ0n) is 16.3. The first-order valence-electron chi connectivity index (χ1n) is 9.35. The molecule has 0 N–H and O–H groups in total. The standard InChI is InChI=1S/C23H35N/c1-6-7-18-24-19-16-20(2)13-10-8-9-11-15-22-21(3)14-12-17-23(22,4)5/h8-11,13,15-16,19H,6-7,12,14,17-18H2,1-5H3/b9-8+,13-10+,15-11+,20-16+,24-19?. The minimum atomic E-state index is 0.318. The van der Waals surface area contributed by atoms with Crippen LogP contribution in [0, 0.1) is 5.41 Å². The van der Waals surface area contributed by atoms with Gasteiger partial charge in [0, 0.05) is 12.8 Å². The summed E-state index contributed by atoms with van der Waals surface area (Å²) in [5.41, 5.74) is 4.60. The summed E-state index contributed by atoms with van der Waals surface area (Å²) >= 11 is 0. The normalized spacial score (nSPS) is 19.6. The second-order valence-corrected chi connectivity index (χ2v) is 7.35. The lowest BCUT2D eigenvalue weighted by Gasteiger charge is -2.32. The Labute approximate surface area is 149 Å². The molecule has 0 unspecified atom stereocenters. The van der Waals surface area contributed by atoms with Gasteiger partial charge >= 0.3 is 0 Å². The van der Waals surface area contributed by atoms with Crippen molar-refractivity contribution in [3.8, 4) is 0 Å². The van der Waals surface area contributed by atoms with Crippen molar-refractivity contribution in [3.63, 3.8) is 0 Å². The molecule has 0 aromatic heterocycles. The Kier molecular flexibility index (Phi) is 9.37. The summed E-state index contributed by atoms with van der Waals surface area (Å²) in [6.45, 7) is 12.2. The van der Waals surface area contributed by atoms with Crippen molar-refractivity contribution in [3.05, 3.63) is 59.3 Å². The van der Waals surface area contributed by atoms with E-state index in [0.717, 1.165) is 6.54 Å². The molecule has 0 saturated heterocycles. The van der Waals surface area contributed by atoms with Gasteiger partial charge in [0.15, 0.2) is 0 Å². The molecule has 1 rings (SSSR count). The lowest BCUT2D eigenvalue weighted by Crippen LogP contribution is -2.18. The average molecular weight is 326 g/mol. The third-order valence-corrected chi connectivity index (χ3v) is 4.58. The lowest BCUT2D eigenvalue weighted by atomic mass is 9.73. The fraction of sp³-hybridized carbons (Fsp3) is 0.522. The molecule has 24 heavy (non-hydrogen) atoms. The number of unbranched alkanes of at least 4 members (excludes halogenated alkanes) is 1. The molecule has 0 amide bonds. The average Bonchev–Trinajstić information content (AvgIpc) is 2.52. The second kappa shape index (κ2) is 11.0. The summed E-state index contributed by atoms with van der Waals surface area (Å²) < 4.78 is 0. The molecular formula is C23H35N. The van der Waals surface area contributed by atoms with E-state index in [2.05, 4.69) is 82.1 Å². The van der Waals surface area contributed by atoms with Crippen LogP contribution < -0.4 is 0 Å². The molecule has 0 aliphatic heterocycles. The zero-order valence-corrected chi connectivity index (χ0v) is 16.3. The molecule has 0 spiro atoms. The third-order valence-electron chi connectivity index (χ3n) is 4.58. The number of allylic oxidation sites excluding steroid dienone is 10. The van der Waals surface area contributed by atoms with Gasteiger partial charge < -0.3 is 0 Å². The van der Waals surface area contributed by atoms with E-state index in [0.29, 0.717) is 5.41 Å². The molecule has 0 fully saturated rings. The van der Waals surface area contributed by atoms with Gasteiger partial charge in [0.05, 0.1) is 0 Å². The predicted molar refractivity (Wildman–Crippen MR) is 110 cm³/mol. The fourth-order valence-corrected chi connectivity index (χ4v) is 3.05. The Morgan fingerprint density at radius 2 is 1.92 bits per heavy atom. The Balaban J connectivity index is 2.50. The van der Waals surface area contributed by atoms with E-state index < -0.39 is 0 Å². The van der Waals surface area contributed by atoms with Crippen molar-refractivity contribution in [2.75, 3.05) is 6.54 Å². The Bertz CT molecular complexity index is 551.